The van der Waals surface area contributed by atoms with Crippen LogP contribution in [0.2, 0.25) is 0 Å². The Balaban J connectivity index is 2.14. The highest BCUT2D eigenvalue weighted by atomic mass is 79.9. The number of rotatable bonds is 11. The highest BCUT2D eigenvalue weighted by Crippen LogP contribution is 2.61. The quantitative estimate of drug-likeness (QED) is 0.245. The number of hydrogen-bond donors (Lipinski definition) is 1. The van der Waals surface area contributed by atoms with Crippen LogP contribution in [0, 0.1) is 17.8 Å². The van der Waals surface area contributed by atoms with Gasteiger partial charge in [-0.25, -0.2) is 0 Å². The SMILES string of the molecule is C=CCOC(=O)[C@H]1[C@H]2C(=O)N([C@@H](CO)[C@@H](C)CC)C(C(=O)N(CC=C)C(C)C)C23CC(Br)[C@@H]1O3. The van der Waals surface area contributed by atoms with Crippen LogP contribution < -0.4 is 0 Å². The number of aliphatic hydroxyl groups excluding tert-OH is 1. The first kappa shape index (κ1) is 26.9. The van der Waals surface area contributed by atoms with E-state index in [0.29, 0.717) is 19.4 Å². The molecule has 3 unspecified atom stereocenters. The molecule has 0 aromatic rings. The molecule has 2 bridgehead atoms. The van der Waals surface area contributed by atoms with Gasteiger partial charge in [-0.15, -0.1) is 6.58 Å². The number of fused-ring (bicyclic) bond motifs is 1. The van der Waals surface area contributed by atoms with Crippen molar-refractivity contribution in [2.24, 2.45) is 17.8 Å². The number of ether oxygens (including phenoxy) is 2. The van der Waals surface area contributed by atoms with Crippen LogP contribution in [0.4, 0.5) is 0 Å². The fraction of sp³-hybridized carbons (Fsp3) is 0.720. The van der Waals surface area contributed by atoms with Crippen molar-refractivity contribution in [3.63, 3.8) is 0 Å². The number of halogens is 1. The first-order valence-corrected chi connectivity index (χ1v) is 13.0. The maximum Gasteiger partial charge on any atom is 0.312 e. The van der Waals surface area contributed by atoms with Crippen LogP contribution in [0.1, 0.15) is 40.5 Å². The molecule has 1 N–H and O–H groups in total. The van der Waals surface area contributed by atoms with Crippen LogP contribution >= 0.6 is 15.9 Å². The number of carbonyl (C=O) groups is 3. The summed E-state index contributed by atoms with van der Waals surface area (Å²) in [5, 5.41) is 10.3. The molecule has 3 aliphatic rings. The van der Waals surface area contributed by atoms with Gasteiger partial charge in [-0.2, -0.15) is 0 Å². The third-order valence-corrected chi connectivity index (χ3v) is 8.50. The zero-order chi connectivity index (χ0) is 25.4. The lowest BCUT2D eigenvalue weighted by Gasteiger charge is -2.41. The van der Waals surface area contributed by atoms with Gasteiger partial charge in [0.15, 0.2) is 0 Å². The van der Waals surface area contributed by atoms with E-state index in [1.807, 2.05) is 27.7 Å². The van der Waals surface area contributed by atoms with Gasteiger partial charge in [0.05, 0.1) is 30.6 Å². The van der Waals surface area contributed by atoms with Crippen LogP contribution in [0.5, 0.6) is 0 Å². The van der Waals surface area contributed by atoms with Crippen molar-refractivity contribution in [2.45, 2.75) is 75.2 Å². The zero-order valence-electron chi connectivity index (χ0n) is 20.5. The molecule has 8 atom stereocenters. The third kappa shape index (κ3) is 4.13. The third-order valence-electron chi connectivity index (χ3n) is 7.65. The number of amides is 2. The van der Waals surface area contributed by atoms with Gasteiger partial charge < -0.3 is 24.4 Å². The maximum absolute atomic E-state index is 14.1. The van der Waals surface area contributed by atoms with Crippen LogP contribution in [0.15, 0.2) is 25.3 Å². The van der Waals surface area contributed by atoms with E-state index < -0.39 is 41.6 Å². The number of likely N-dealkylation sites (tertiary alicyclic amines) is 1. The van der Waals surface area contributed by atoms with Crippen molar-refractivity contribution in [1.82, 2.24) is 9.80 Å². The summed E-state index contributed by atoms with van der Waals surface area (Å²) in [7, 11) is 0. The molecule has 0 aromatic carbocycles. The molecule has 0 saturated carbocycles. The second-order valence-electron chi connectivity index (χ2n) is 9.84. The molecule has 3 heterocycles. The number of hydrogen-bond acceptors (Lipinski definition) is 6. The minimum Gasteiger partial charge on any atom is -0.461 e. The first-order chi connectivity index (χ1) is 16.1. The van der Waals surface area contributed by atoms with Gasteiger partial charge in [0.25, 0.3) is 0 Å². The molecule has 0 aromatic heterocycles. The summed E-state index contributed by atoms with van der Waals surface area (Å²) in [5.74, 6) is -2.87. The van der Waals surface area contributed by atoms with Crippen molar-refractivity contribution in [2.75, 3.05) is 19.8 Å². The Kier molecular flexibility index (Phi) is 8.30. The van der Waals surface area contributed by atoms with E-state index in [0.717, 1.165) is 0 Å². The van der Waals surface area contributed by atoms with Crippen LogP contribution in [0.3, 0.4) is 0 Å². The number of aliphatic hydroxyl groups is 1. The number of esters is 1. The first-order valence-electron chi connectivity index (χ1n) is 12.0. The van der Waals surface area contributed by atoms with E-state index in [-0.39, 0.29) is 41.8 Å². The van der Waals surface area contributed by atoms with Gasteiger partial charge in [-0.05, 0) is 26.2 Å². The van der Waals surface area contributed by atoms with E-state index in [1.54, 1.807) is 11.0 Å². The summed E-state index contributed by atoms with van der Waals surface area (Å²) in [4.78, 5) is 44.2. The average Bonchev–Trinajstić information content (AvgIpc) is 3.39. The molecule has 9 heteroatoms. The van der Waals surface area contributed by atoms with Crippen molar-refractivity contribution in [3.8, 4) is 0 Å². The molecule has 1 spiro atoms. The van der Waals surface area contributed by atoms with Crippen LogP contribution in [-0.4, -0.2) is 87.1 Å². The number of alkyl halides is 1. The largest absolute Gasteiger partial charge is 0.461 e. The summed E-state index contributed by atoms with van der Waals surface area (Å²) in [5.41, 5.74) is -1.18. The molecule has 34 heavy (non-hydrogen) atoms. The van der Waals surface area contributed by atoms with E-state index in [2.05, 4.69) is 29.1 Å². The highest BCUT2D eigenvalue weighted by molar-refractivity contribution is 9.09. The minimum atomic E-state index is -1.18. The van der Waals surface area contributed by atoms with Gasteiger partial charge in [0, 0.05) is 17.4 Å². The predicted octanol–water partition coefficient (Wildman–Crippen LogP) is 2.29. The lowest BCUT2D eigenvalue weighted by molar-refractivity contribution is -0.156. The molecule has 3 saturated heterocycles. The highest BCUT2D eigenvalue weighted by Gasteiger charge is 2.77. The molecule has 3 aliphatic heterocycles. The smallest absolute Gasteiger partial charge is 0.312 e. The van der Waals surface area contributed by atoms with Crippen molar-refractivity contribution >= 4 is 33.7 Å². The Morgan fingerprint density at radius 2 is 2.03 bits per heavy atom. The molecular weight excluding hydrogens is 504 g/mol. The normalized spacial score (nSPS) is 33.6. The Labute approximate surface area is 210 Å². The van der Waals surface area contributed by atoms with Gasteiger partial charge in [-0.3, -0.25) is 14.4 Å². The Hall–Kier alpha value is -1.71. The fourth-order valence-corrected chi connectivity index (χ4v) is 6.82. The number of nitrogens with zero attached hydrogens (tertiary/aromatic N) is 2. The lowest BCUT2D eigenvalue weighted by Crippen LogP contribution is -2.60. The molecule has 3 fully saturated rings. The fourth-order valence-electron chi connectivity index (χ4n) is 5.88. The van der Waals surface area contributed by atoms with E-state index >= 15 is 0 Å². The molecule has 3 rings (SSSR count). The minimum absolute atomic E-state index is 0.0294. The van der Waals surface area contributed by atoms with E-state index in [1.165, 1.54) is 11.0 Å². The molecule has 0 aliphatic carbocycles. The Morgan fingerprint density at radius 3 is 2.56 bits per heavy atom. The van der Waals surface area contributed by atoms with Crippen molar-refractivity contribution in [3.05, 3.63) is 25.3 Å². The summed E-state index contributed by atoms with van der Waals surface area (Å²) in [6, 6.07) is -1.67. The Bertz CT molecular complexity index is 834. The van der Waals surface area contributed by atoms with E-state index in [9.17, 15) is 19.5 Å². The molecule has 190 valence electrons. The monoisotopic (exact) mass is 540 g/mol. The molecule has 0 radical (unpaired) electrons. The summed E-state index contributed by atoms with van der Waals surface area (Å²) in [6.45, 7) is 15.2. The van der Waals surface area contributed by atoms with Crippen LogP contribution in [0.25, 0.3) is 0 Å². The summed E-state index contributed by atoms with van der Waals surface area (Å²) in [6.07, 6.45) is 3.67. The molecular formula is C25H37BrN2O6. The molecule has 8 nitrogen and oxygen atoms in total. The van der Waals surface area contributed by atoms with Crippen molar-refractivity contribution < 1.29 is 29.0 Å². The standard InChI is InChI=1S/C25H37BrN2O6/c1-7-10-27(14(4)5)23(31)21-25-12-16(26)20(34-25)18(24(32)33-11-8-2)19(25)22(30)28(21)17(13-29)15(6)9-3/h7-8,14-21,29H,1-2,9-13H2,3-6H3/t15-,16?,17-,18-,19-,20-,21?,25?/m0/s1. The number of carbonyl (C=O) groups excluding carboxylic acids is 3. The predicted molar refractivity (Wildman–Crippen MR) is 131 cm³/mol. The molecule has 2 amide bonds. The maximum atomic E-state index is 14.1. The van der Waals surface area contributed by atoms with Gasteiger partial charge in [-0.1, -0.05) is 54.9 Å². The second kappa shape index (κ2) is 10.5. The Morgan fingerprint density at radius 1 is 1.35 bits per heavy atom. The summed E-state index contributed by atoms with van der Waals surface area (Å²) >= 11 is 3.64. The lowest BCUT2D eigenvalue weighted by atomic mass is 9.70. The van der Waals surface area contributed by atoms with Crippen LogP contribution in [-0.2, 0) is 23.9 Å². The average molecular weight is 541 g/mol. The van der Waals surface area contributed by atoms with Gasteiger partial charge in [0.2, 0.25) is 11.8 Å². The van der Waals surface area contributed by atoms with Gasteiger partial charge in [0.1, 0.15) is 18.2 Å². The topological polar surface area (TPSA) is 96.4 Å². The second-order valence-corrected chi connectivity index (χ2v) is 11.0. The summed E-state index contributed by atoms with van der Waals surface area (Å²) < 4.78 is 11.8. The van der Waals surface area contributed by atoms with E-state index in [4.69, 9.17) is 9.47 Å². The zero-order valence-corrected chi connectivity index (χ0v) is 22.1. The van der Waals surface area contributed by atoms with Crippen molar-refractivity contribution in [1.29, 1.82) is 0 Å². The van der Waals surface area contributed by atoms with Gasteiger partial charge >= 0.3 is 5.97 Å².